The number of anilines is 1. The maximum atomic E-state index is 9.71. The summed E-state index contributed by atoms with van der Waals surface area (Å²) in [5.74, 6) is 2.50. The summed E-state index contributed by atoms with van der Waals surface area (Å²) in [6, 6.07) is 0. The van der Waals surface area contributed by atoms with Crippen molar-refractivity contribution in [3.63, 3.8) is 0 Å². The molecule has 1 fully saturated rings. The minimum absolute atomic E-state index is 0.405. The summed E-state index contributed by atoms with van der Waals surface area (Å²) in [4.78, 5) is 14.7. The molecule has 0 bridgehead atoms. The second-order valence-corrected chi connectivity index (χ2v) is 8.72. The molecule has 2 aromatic rings. The number of hydrogen-bond acceptors (Lipinski definition) is 7. The zero-order valence-corrected chi connectivity index (χ0v) is 16.4. The molecule has 3 heterocycles. The van der Waals surface area contributed by atoms with E-state index in [9.17, 15) is 5.11 Å². The molecule has 2 aliphatic rings. The molecule has 26 heavy (non-hydrogen) atoms. The van der Waals surface area contributed by atoms with E-state index in [4.69, 9.17) is 14.7 Å². The highest BCUT2D eigenvalue weighted by molar-refractivity contribution is 7.19. The van der Waals surface area contributed by atoms with Gasteiger partial charge in [0, 0.05) is 24.5 Å². The van der Waals surface area contributed by atoms with E-state index in [0.717, 1.165) is 68.1 Å². The molecule has 1 saturated heterocycles. The number of nitrogens with zero attached hydrogens (tertiary/aromatic N) is 3. The molecule has 7 heteroatoms. The van der Waals surface area contributed by atoms with Crippen molar-refractivity contribution in [3.8, 4) is 0 Å². The van der Waals surface area contributed by atoms with Crippen LogP contribution in [0.1, 0.15) is 36.5 Å². The molecule has 0 radical (unpaired) electrons. The monoisotopic (exact) mass is 376 g/mol. The van der Waals surface area contributed by atoms with E-state index in [1.807, 2.05) is 11.3 Å². The van der Waals surface area contributed by atoms with Gasteiger partial charge in [0.25, 0.3) is 0 Å². The topological polar surface area (TPSA) is 70.5 Å². The molecular formula is C19H28N4O2S. The number of fused-ring (bicyclic) bond motifs is 3. The standard InChI is InChI=1S/C19H28N4O2S/c1-12-3-4-14-15(9-12)26-19-17(14)18(20-10-13(2)24)21-16(22-19)11-23-5-7-25-8-6-23/h12-13,24H,3-11H2,1-2H3,(H,20,21,22)/t12-,13-/m0/s1. The van der Waals surface area contributed by atoms with Crippen molar-refractivity contribution in [2.24, 2.45) is 5.92 Å². The van der Waals surface area contributed by atoms with Crippen molar-refractivity contribution >= 4 is 27.4 Å². The lowest BCUT2D eigenvalue weighted by Gasteiger charge is -2.26. The number of rotatable bonds is 5. The number of thiophene rings is 1. The molecule has 2 atom stereocenters. The summed E-state index contributed by atoms with van der Waals surface area (Å²) < 4.78 is 5.44. The Labute approximate surface area is 158 Å². The second-order valence-electron chi connectivity index (χ2n) is 7.64. The van der Waals surface area contributed by atoms with Gasteiger partial charge in [-0.25, -0.2) is 9.97 Å². The Hall–Kier alpha value is -1.28. The maximum absolute atomic E-state index is 9.71. The van der Waals surface area contributed by atoms with Crippen molar-refractivity contribution in [3.05, 3.63) is 16.3 Å². The van der Waals surface area contributed by atoms with Crippen LogP contribution in [0.3, 0.4) is 0 Å². The van der Waals surface area contributed by atoms with E-state index in [-0.39, 0.29) is 0 Å². The van der Waals surface area contributed by atoms with Gasteiger partial charge in [0.15, 0.2) is 0 Å². The van der Waals surface area contributed by atoms with Crippen LogP contribution in [0.4, 0.5) is 5.82 Å². The molecular weight excluding hydrogens is 348 g/mol. The third-order valence-electron chi connectivity index (χ3n) is 5.24. The first-order chi connectivity index (χ1) is 12.6. The van der Waals surface area contributed by atoms with Crippen LogP contribution in [0.15, 0.2) is 0 Å². The average Bonchev–Trinajstić information content (AvgIpc) is 2.97. The van der Waals surface area contributed by atoms with Crippen molar-refractivity contribution in [2.45, 2.75) is 45.8 Å². The number of ether oxygens (including phenoxy) is 1. The third kappa shape index (κ3) is 3.86. The highest BCUT2D eigenvalue weighted by Gasteiger charge is 2.24. The quantitative estimate of drug-likeness (QED) is 0.835. The number of aryl methyl sites for hydroxylation is 1. The van der Waals surface area contributed by atoms with Gasteiger partial charge >= 0.3 is 0 Å². The normalized spacial score (nSPS) is 22.3. The first kappa shape index (κ1) is 18.1. The van der Waals surface area contributed by atoms with Crippen LogP contribution in [0.2, 0.25) is 0 Å². The minimum atomic E-state index is -0.405. The average molecular weight is 377 g/mol. The summed E-state index contributed by atoms with van der Waals surface area (Å²) in [6.45, 7) is 8.79. The number of aromatic nitrogens is 2. The van der Waals surface area contributed by atoms with Crippen molar-refractivity contribution < 1.29 is 9.84 Å². The first-order valence-electron chi connectivity index (χ1n) is 9.63. The van der Waals surface area contributed by atoms with Crippen LogP contribution >= 0.6 is 11.3 Å². The predicted molar refractivity (Wildman–Crippen MR) is 105 cm³/mol. The zero-order chi connectivity index (χ0) is 18.1. The zero-order valence-electron chi connectivity index (χ0n) is 15.6. The lowest BCUT2D eigenvalue weighted by atomic mass is 9.89. The molecule has 4 rings (SSSR count). The molecule has 1 aliphatic carbocycles. The van der Waals surface area contributed by atoms with Gasteiger partial charge in [-0.05, 0) is 37.7 Å². The van der Waals surface area contributed by atoms with Gasteiger partial charge in [0.1, 0.15) is 16.5 Å². The van der Waals surface area contributed by atoms with Crippen LogP contribution in [-0.4, -0.2) is 58.9 Å². The molecule has 6 nitrogen and oxygen atoms in total. The molecule has 1 aliphatic heterocycles. The largest absolute Gasteiger partial charge is 0.392 e. The van der Waals surface area contributed by atoms with Crippen LogP contribution in [-0.2, 0) is 24.1 Å². The summed E-state index contributed by atoms with van der Waals surface area (Å²) >= 11 is 1.83. The number of aliphatic hydroxyl groups is 1. The van der Waals surface area contributed by atoms with Crippen LogP contribution < -0.4 is 5.32 Å². The molecule has 0 aromatic carbocycles. The summed E-state index contributed by atoms with van der Waals surface area (Å²) in [5, 5.41) is 14.3. The van der Waals surface area contributed by atoms with Crippen LogP contribution in [0.25, 0.3) is 10.2 Å². The molecule has 0 amide bonds. The Morgan fingerprint density at radius 3 is 2.92 bits per heavy atom. The van der Waals surface area contributed by atoms with E-state index in [1.165, 1.54) is 22.2 Å². The van der Waals surface area contributed by atoms with Gasteiger partial charge in [0.05, 0.1) is 31.2 Å². The van der Waals surface area contributed by atoms with E-state index in [1.54, 1.807) is 6.92 Å². The maximum Gasteiger partial charge on any atom is 0.146 e. The molecule has 2 aromatic heterocycles. The van der Waals surface area contributed by atoms with Gasteiger partial charge in [-0.15, -0.1) is 11.3 Å². The molecule has 2 N–H and O–H groups in total. The Morgan fingerprint density at radius 1 is 1.35 bits per heavy atom. The van der Waals surface area contributed by atoms with E-state index in [2.05, 4.69) is 17.1 Å². The lowest BCUT2D eigenvalue weighted by Crippen LogP contribution is -2.36. The minimum Gasteiger partial charge on any atom is -0.392 e. The van der Waals surface area contributed by atoms with Gasteiger partial charge in [-0.2, -0.15) is 0 Å². The van der Waals surface area contributed by atoms with Gasteiger partial charge in [-0.3, -0.25) is 4.90 Å². The smallest absolute Gasteiger partial charge is 0.146 e. The molecule has 0 unspecified atom stereocenters. The summed E-state index contributed by atoms with van der Waals surface area (Å²) in [5.41, 5.74) is 1.43. The van der Waals surface area contributed by atoms with Crippen LogP contribution in [0, 0.1) is 5.92 Å². The highest BCUT2D eigenvalue weighted by atomic mass is 32.1. The van der Waals surface area contributed by atoms with Gasteiger partial charge in [0.2, 0.25) is 0 Å². The van der Waals surface area contributed by atoms with E-state index in [0.29, 0.717) is 6.54 Å². The van der Waals surface area contributed by atoms with E-state index >= 15 is 0 Å². The Kier molecular flexibility index (Phi) is 5.40. The summed E-state index contributed by atoms with van der Waals surface area (Å²) in [7, 11) is 0. The molecule has 142 valence electrons. The van der Waals surface area contributed by atoms with Crippen molar-refractivity contribution in [1.82, 2.24) is 14.9 Å². The SMILES string of the molecule is C[C@H]1CCc2c(sc3nc(CN4CCOCC4)nc(NC[C@H](C)O)c23)C1. The van der Waals surface area contributed by atoms with Crippen LogP contribution in [0.5, 0.6) is 0 Å². The number of nitrogens with one attached hydrogen (secondary N) is 1. The third-order valence-corrected chi connectivity index (χ3v) is 6.38. The predicted octanol–water partition coefficient (Wildman–Crippen LogP) is 2.44. The van der Waals surface area contributed by atoms with Gasteiger partial charge < -0.3 is 15.2 Å². The van der Waals surface area contributed by atoms with Crippen molar-refractivity contribution in [1.29, 1.82) is 0 Å². The Morgan fingerprint density at radius 2 is 2.15 bits per heavy atom. The second kappa shape index (κ2) is 7.76. The highest BCUT2D eigenvalue weighted by Crippen LogP contribution is 2.40. The first-order valence-corrected chi connectivity index (χ1v) is 10.4. The van der Waals surface area contributed by atoms with Gasteiger partial charge in [-0.1, -0.05) is 6.92 Å². The summed E-state index contributed by atoms with van der Waals surface area (Å²) in [6.07, 6.45) is 3.07. The number of aliphatic hydroxyl groups excluding tert-OH is 1. The number of hydrogen-bond donors (Lipinski definition) is 2. The fourth-order valence-corrected chi connectivity index (χ4v) is 5.19. The fraction of sp³-hybridized carbons (Fsp3) is 0.684. The Bertz CT molecular complexity index is 770. The fourth-order valence-electron chi connectivity index (χ4n) is 3.79. The Balaban J connectivity index is 1.69. The number of morpholine rings is 1. The molecule has 0 spiro atoms. The lowest BCUT2D eigenvalue weighted by molar-refractivity contribution is 0.0331. The van der Waals surface area contributed by atoms with Crippen molar-refractivity contribution in [2.75, 3.05) is 38.2 Å². The van der Waals surface area contributed by atoms with E-state index < -0.39 is 6.10 Å². The molecule has 0 saturated carbocycles.